The standard InChI is InChI=1S/C26H30N5O2/c1-19(2)15-31-22(27-24-23(31)25(32)29(4)26(33)28(24)3)18-30(16-20-11-7-5-8-12-20)17-21-13-9-6-10-14-21/h5-14,23H,1,15-18H2,2-4H3/q+1. The molecular weight excluding hydrogens is 414 g/mol. The smallest absolute Gasteiger partial charge is 0.284 e. The van der Waals surface area contributed by atoms with E-state index in [9.17, 15) is 9.59 Å². The number of hydrogen-bond donors (Lipinski definition) is 0. The summed E-state index contributed by atoms with van der Waals surface area (Å²) in [6.45, 7) is 8.50. The molecule has 0 aliphatic carbocycles. The van der Waals surface area contributed by atoms with E-state index in [2.05, 4.69) is 35.7 Å². The minimum absolute atomic E-state index is 0.259. The summed E-state index contributed by atoms with van der Waals surface area (Å²) in [4.78, 5) is 35.4. The Morgan fingerprint density at radius 2 is 1.48 bits per heavy atom. The maximum atomic E-state index is 13.1. The van der Waals surface area contributed by atoms with Gasteiger partial charge in [-0.2, -0.15) is 0 Å². The number of imide groups is 1. The van der Waals surface area contributed by atoms with Gasteiger partial charge in [0, 0.05) is 27.2 Å². The van der Waals surface area contributed by atoms with Crippen LogP contribution in [-0.2, 0) is 17.9 Å². The van der Waals surface area contributed by atoms with Crippen molar-refractivity contribution in [1.82, 2.24) is 14.7 Å². The van der Waals surface area contributed by atoms with Crippen molar-refractivity contribution >= 4 is 23.6 Å². The largest absolute Gasteiger partial charge is 0.333 e. The first-order valence-electron chi connectivity index (χ1n) is 11.1. The van der Waals surface area contributed by atoms with Crippen molar-refractivity contribution in [3.63, 3.8) is 0 Å². The molecule has 4 rings (SSSR count). The lowest BCUT2D eigenvalue weighted by Gasteiger charge is -2.30. The molecule has 2 aromatic carbocycles. The van der Waals surface area contributed by atoms with Gasteiger partial charge in [-0.05, 0) is 28.6 Å². The van der Waals surface area contributed by atoms with Gasteiger partial charge in [0.05, 0.1) is 0 Å². The Morgan fingerprint density at radius 3 is 2.00 bits per heavy atom. The van der Waals surface area contributed by atoms with Crippen LogP contribution in [-0.4, -0.2) is 76.1 Å². The molecule has 170 valence electrons. The van der Waals surface area contributed by atoms with Gasteiger partial charge in [-0.15, -0.1) is 0 Å². The second kappa shape index (κ2) is 9.50. The highest BCUT2D eigenvalue weighted by Gasteiger charge is 2.53. The summed E-state index contributed by atoms with van der Waals surface area (Å²) in [5.74, 6) is 0.998. The molecule has 0 saturated carbocycles. The van der Waals surface area contributed by atoms with E-state index in [1.807, 2.05) is 47.9 Å². The van der Waals surface area contributed by atoms with Gasteiger partial charge in [-0.3, -0.25) is 19.5 Å². The van der Waals surface area contributed by atoms with Gasteiger partial charge < -0.3 is 0 Å². The first-order valence-corrected chi connectivity index (χ1v) is 11.1. The average Bonchev–Trinajstić information content (AvgIpc) is 3.15. The fourth-order valence-electron chi connectivity index (χ4n) is 4.30. The van der Waals surface area contributed by atoms with Gasteiger partial charge in [0.2, 0.25) is 0 Å². The van der Waals surface area contributed by atoms with E-state index in [0.29, 0.717) is 18.9 Å². The molecule has 7 nitrogen and oxygen atoms in total. The van der Waals surface area contributed by atoms with Crippen molar-refractivity contribution in [1.29, 1.82) is 0 Å². The van der Waals surface area contributed by atoms with Crippen LogP contribution in [0.25, 0.3) is 0 Å². The maximum absolute atomic E-state index is 13.1. The lowest BCUT2D eigenvalue weighted by Crippen LogP contribution is -2.61. The monoisotopic (exact) mass is 444 g/mol. The normalized spacial score (nSPS) is 18.2. The number of carbonyl (C=O) groups excluding carboxylic acids is 2. The Hall–Kier alpha value is -3.58. The molecule has 1 saturated heterocycles. The molecule has 1 fully saturated rings. The van der Waals surface area contributed by atoms with Gasteiger partial charge in [-0.25, -0.2) is 9.37 Å². The number of amidine groups is 2. The summed E-state index contributed by atoms with van der Waals surface area (Å²) < 4.78 is 1.99. The number of nitrogens with zero attached hydrogens (tertiary/aromatic N) is 5. The van der Waals surface area contributed by atoms with Crippen LogP contribution in [0, 0.1) is 0 Å². The quantitative estimate of drug-likeness (QED) is 0.465. The van der Waals surface area contributed by atoms with Crippen LogP contribution < -0.4 is 0 Å². The Kier molecular flexibility index (Phi) is 6.51. The van der Waals surface area contributed by atoms with Crippen molar-refractivity contribution in [3.05, 3.63) is 83.9 Å². The van der Waals surface area contributed by atoms with Gasteiger partial charge in [0.1, 0.15) is 13.1 Å². The molecule has 0 aromatic heterocycles. The third kappa shape index (κ3) is 4.78. The molecule has 7 heteroatoms. The van der Waals surface area contributed by atoms with Crippen LogP contribution in [0.15, 0.2) is 77.8 Å². The van der Waals surface area contributed by atoms with E-state index in [-0.39, 0.29) is 11.9 Å². The molecule has 2 heterocycles. The van der Waals surface area contributed by atoms with Gasteiger partial charge in [-0.1, -0.05) is 67.2 Å². The number of amides is 3. The maximum Gasteiger partial charge on any atom is 0.333 e. The minimum Gasteiger partial charge on any atom is -0.284 e. The van der Waals surface area contributed by atoms with Crippen LogP contribution in [0.1, 0.15) is 18.1 Å². The molecule has 2 aliphatic rings. The van der Waals surface area contributed by atoms with Crippen molar-refractivity contribution in [3.8, 4) is 0 Å². The molecule has 1 atom stereocenters. The Labute approximate surface area is 194 Å². The van der Waals surface area contributed by atoms with E-state index in [1.165, 1.54) is 28.0 Å². The molecular formula is C26H30N5O2+. The fourth-order valence-corrected chi connectivity index (χ4v) is 4.30. The third-order valence-electron chi connectivity index (χ3n) is 5.92. The number of aliphatic imine (C=N–C) groups is 1. The number of carbonyl (C=O) groups is 2. The lowest BCUT2D eigenvalue weighted by molar-refractivity contribution is -0.528. The molecule has 0 bridgehead atoms. The molecule has 1 unspecified atom stereocenters. The van der Waals surface area contributed by atoms with E-state index >= 15 is 0 Å². The van der Waals surface area contributed by atoms with Crippen LogP contribution >= 0.6 is 0 Å². The summed E-state index contributed by atoms with van der Waals surface area (Å²) in [5.41, 5.74) is 3.33. The SMILES string of the molecule is C=C(C)C[N+]1=C(CN(Cc2ccccc2)Cc2ccccc2)N=C2C1C(=O)N(C)C(=O)N2C. The predicted molar refractivity (Wildman–Crippen MR) is 129 cm³/mol. The Bertz CT molecular complexity index is 1080. The van der Waals surface area contributed by atoms with Gasteiger partial charge >= 0.3 is 11.9 Å². The Balaban J connectivity index is 1.69. The van der Waals surface area contributed by atoms with Crippen LogP contribution in [0.5, 0.6) is 0 Å². The van der Waals surface area contributed by atoms with E-state index in [0.717, 1.165) is 24.5 Å². The lowest BCUT2D eigenvalue weighted by atomic mass is 10.1. The zero-order valence-corrected chi connectivity index (χ0v) is 19.4. The van der Waals surface area contributed by atoms with Gasteiger partial charge in [0.25, 0.3) is 17.8 Å². The summed E-state index contributed by atoms with van der Waals surface area (Å²) in [5, 5.41) is 0. The zero-order valence-electron chi connectivity index (χ0n) is 19.4. The highest BCUT2D eigenvalue weighted by molar-refractivity contribution is 6.23. The van der Waals surface area contributed by atoms with Crippen molar-refractivity contribution in [2.24, 2.45) is 4.99 Å². The topological polar surface area (TPSA) is 59.2 Å². The van der Waals surface area contributed by atoms with Crippen LogP contribution in [0.2, 0.25) is 0 Å². The van der Waals surface area contributed by atoms with Crippen molar-refractivity contribution in [2.45, 2.75) is 26.1 Å². The zero-order chi connectivity index (χ0) is 23.5. The first kappa shape index (κ1) is 22.6. The number of urea groups is 1. The number of rotatable bonds is 8. The van der Waals surface area contributed by atoms with E-state index < -0.39 is 6.04 Å². The molecule has 2 aromatic rings. The average molecular weight is 445 g/mol. The molecule has 0 N–H and O–H groups in total. The van der Waals surface area contributed by atoms with Gasteiger partial charge in [0.15, 0.2) is 0 Å². The van der Waals surface area contributed by atoms with Crippen molar-refractivity contribution < 1.29 is 14.2 Å². The molecule has 0 spiro atoms. The summed E-state index contributed by atoms with van der Waals surface area (Å²) in [6, 6.07) is 19.6. The Morgan fingerprint density at radius 1 is 0.939 bits per heavy atom. The van der Waals surface area contributed by atoms with Crippen LogP contribution in [0.4, 0.5) is 4.79 Å². The highest BCUT2D eigenvalue weighted by atomic mass is 16.2. The molecule has 0 radical (unpaired) electrons. The molecule has 3 amide bonds. The highest BCUT2D eigenvalue weighted by Crippen LogP contribution is 2.21. The molecule has 2 aliphatic heterocycles. The van der Waals surface area contributed by atoms with Crippen molar-refractivity contribution in [2.75, 3.05) is 27.2 Å². The third-order valence-corrected chi connectivity index (χ3v) is 5.92. The number of likely N-dealkylation sites (N-methyl/N-ethyl adjacent to an activating group) is 2. The number of fused-ring (bicyclic) bond motifs is 1. The first-order chi connectivity index (χ1) is 15.8. The van der Waals surface area contributed by atoms with E-state index in [4.69, 9.17) is 4.99 Å². The summed E-state index contributed by atoms with van der Waals surface area (Å²) >= 11 is 0. The predicted octanol–water partition coefficient (Wildman–Crippen LogP) is 2.98. The minimum atomic E-state index is -0.611. The fraction of sp³-hybridized carbons (Fsp3) is 0.308. The van der Waals surface area contributed by atoms with E-state index in [1.54, 1.807) is 7.05 Å². The van der Waals surface area contributed by atoms with Crippen LogP contribution in [0.3, 0.4) is 0 Å². The second-order valence-corrected chi connectivity index (χ2v) is 8.73. The summed E-state index contributed by atoms with van der Waals surface area (Å²) in [7, 11) is 3.19. The second-order valence-electron chi connectivity index (χ2n) is 8.73. The summed E-state index contributed by atoms with van der Waals surface area (Å²) in [6.07, 6.45) is 0. The molecule has 33 heavy (non-hydrogen) atoms. The number of benzene rings is 2. The number of hydrogen-bond acceptors (Lipinski definition) is 4.